The van der Waals surface area contributed by atoms with Crippen LogP contribution >= 0.6 is 0 Å². The third-order valence-corrected chi connectivity index (χ3v) is 4.47. The summed E-state index contributed by atoms with van der Waals surface area (Å²) in [6.07, 6.45) is 9.52. The lowest BCUT2D eigenvalue weighted by atomic mass is 9.98. The van der Waals surface area contributed by atoms with Crippen molar-refractivity contribution in [3.63, 3.8) is 0 Å². The average molecular weight is 340 g/mol. The van der Waals surface area contributed by atoms with Crippen LogP contribution in [0.3, 0.4) is 0 Å². The summed E-state index contributed by atoms with van der Waals surface area (Å²) in [5.41, 5.74) is 1.38. The van der Waals surface area contributed by atoms with Gasteiger partial charge in [0.25, 0.3) is 0 Å². The Hall–Kier alpha value is -1.62. The molecule has 1 aromatic carbocycles. The van der Waals surface area contributed by atoms with Crippen LogP contribution in [0.15, 0.2) is 0 Å². The van der Waals surface area contributed by atoms with E-state index in [2.05, 4.69) is 0 Å². The van der Waals surface area contributed by atoms with Crippen molar-refractivity contribution in [1.82, 2.24) is 0 Å². The maximum Gasteiger partial charge on any atom is 0.207 e. The number of hydrogen-bond donors (Lipinski definition) is 3. The van der Waals surface area contributed by atoms with Gasteiger partial charge in [-0.2, -0.15) is 0 Å². The highest BCUT2D eigenvalue weighted by Crippen LogP contribution is 2.48. The van der Waals surface area contributed by atoms with Crippen LogP contribution in [-0.4, -0.2) is 36.1 Å². The summed E-state index contributed by atoms with van der Waals surface area (Å²) >= 11 is 0. The van der Waals surface area contributed by atoms with E-state index in [0.29, 0.717) is 18.6 Å². The monoisotopic (exact) mass is 340 g/mol. The van der Waals surface area contributed by atoms with Crippen LogP contribution in [-0.2, 0) is 6.42 Å². The quantitative estimate of drug-likeness (QED) is 0.395. The Morgan fingerprint density at radius 2 is 1.17 bits per heavy atom. The Labute approximate surface area is 145 Å². The second-order valence-electron chi connectivity index (χ2n) is 6.17. The van der Waals surface area contributed by atoms with Crippen molar-refractivity contribution >= 4 is 0 Å². The summed E-state index contributed by atoms with van der Waals surface area (Å²) in [4.78, 5) is 0. The van der Waals surface area contributed by atoms with Gasteiger partial charge in [-0.25, -0.2) is 0 Å². The van der Waals surface area contributed by atoms with Crippen LogP contribution < -0.4 is 9.47 Å². The van der Waals surface area contributed by atoms with E-state index in [4.69, 9.17) is 14.6 Å². The Kier molecular flexibility index (Phi) is 9.38. The van der Waals surface area contributed by atoms with E-state index >= 15 is 0 Å². The SMILES string of the molecule is COc1c(O)c(C)c(CCCCCCCCCCO)c(O)c1OC. The van der Waals surface area contributed by atoms with Gasteiger partial charge in [0.15, 0.2) is 11.5 Å². The molecule has 1 rings (SSSR count). The van der Waals surface area contributed by atoms with Crippen LogP contribution in [0.2, 0.25) is 0 Å². The van der Waals surface area contributed by atoms with Crippen LogP contribution in [0.4, 0.5) is 0 Å². The maximum atomic E-state index is 10.4. The summed E-state index contributed by atoms with van der Waals surface area (Å²) in [5, 5.41) is 29.3. The largest absolute Gasteiger partial charge is 0.504 e. The molecule has 0 radical (unpaired) electrons. The molecular weight excluding hydrogens is 308 g/mol. The summed E-state index contributed by atoms with van der Waals surface area (Å²) in [5.74, 6) is 0.471. The molecule has 0 bridgehead atoms. The molecule has 0 saturated heterocycles. The van der Waals surface area contributed by atoms with Gasteiger partial charge in [0.05, 0.1) is 14.2 Å². The molecule has 138 valence electrons. The topological polar surface area (TPSA) is 79.2 Å². The van der Waals surface area contributed by atoms with Crippen molar-refractivity contribution in [2.75, 3.05) is 20.8 Å². The van der Waals surface area contributed by atoms with Gasteiger partial charge < -0.3 is 24.8 Å². The molecule has 5 heteroatoms. The van der Waals surface area contributed by atoms with E-state index in [-0.39, 0.29) is 23.0 Å². The Bertz CT molecular complexity index is 499. The number of methoxy groups -OCH3 is 2. The molecule has 0 aromatic heterocycles. The van der Waals surface area contributed by atoms with E-state index in [0.717, 1.165) is 37.7 Å². The van der Waals surface area contributed by atoms with Crippen molar-refractivity contribution in [3.8, 4) is 23.0 Å². The maximum absolute atomic E-state index is 10.4. The number of aliphatic hydroxyl groups excluding tert-OH is 1. The Morgan fingerprint density at radius 1 is 0.708 bits per heavy atom. The lowest BCUT2D eigenvalue weighted by Crippen LogP contribution is -1.99. The fraction of sp³-hybridized carbons (Fsp3) is 0.684. The number of aliphatic hydroxyl groups is 1. The van der Waals surface area contributed by atoms with Gasteiger partial charge in [-0.3, -0.25) is 0 Å². The van der Waals surface area contributed by atoms with E-state index < -0.39 is 0 Å². The Balaban J connectivity index is 2.50. The van der Waals surface area contributed by atoms with Gasteiger partial charge in [0.1, 0.15) is 0 Å². The lowest BCUT2D eigenvalue weighted by Gasteiger charge is -2.17. The van der Waals surface area contributed by atoms with E-state index in [1.165, 1.54) is 33.5 Å². The summed E-state index contributed by atoms with van der Waals surface area (Å²) in [7, 11) is 2.89. The summed E-state index contributed by atoms with van der Waals surface area (Å²) in [6, 6.07) is 0. The summed E-state index contributed by atoms with van der Waals surface area (Å²) in [6.45, 7) is 2.08. The molecule has 0 saturated carbocycles. The lowest BCUT2D eigenvalue weighted by molar-refractivity contribution is 0.282. The molecule has 0 aliphatic rings. The van der Waals surface area contributed by atoms with Crippen LogP contribution in [0.5, 0.6) is 23.0 Å². The van der Waals surface area contributed by atoms with Crippen molar-refractivity contribution in [2.24, 2.45) is 0 Å². The first-order valence-corrected chi connectivity index (χ1v) is 8.84. The second kappa shape index (κ2) is 11.0. The highest BCUT2D eigenvalue weighted by atomic mass is 16.5. The predicted octanol–water partition coefficient (Wildman–Crippen LogP) is 4.08. The smallest absolute Gasteiger partial charge is 0.207 e. The minimum absolute atomic E-state index is 0.0334. The first-order chi connectivity index (χ1) is 11.6. The number of ether oxygens (including phenoxy) is 2. The molecule has 1 aromatic rings. The molecule has 5 nitrogen and oxygen atoms in total. The molecule has 0 aliphatic heterocycles. The van der Waals surface area contributed by atoms with Crippen LogP contribution in [0.1, 0.15) is 62.5 Å². The third kappa shape index (κ3) is 5.48. The normalized spacial score (nSPS) is 10.8. The first kappa shape index (κ1) is 20.4. The molecule has 0 fully saturated rings. The van der Waals surface area contributed by atoms with Gasteiger partial charge >= 0.3 is 0 Å². The zero-order valence-electron chi connectivity index (χ0n) is 15.2. The number of rotatable bonds is 12. The van der Waals surface area contributed by atoms with Crippen molar-refractivity contribution in [1.29, 1.82) is 0 Å². The number of hydrogen-bond acceptors (Lipinski definition) is 5. The standard InChI is InChI=1S/C19H32O5/c1-14-15(12-10-8-6-4-5-7-9-11-13-20)17(22)19(24-3)18(23-2)16(14)21/h20-22H,4-13H2,1-3H3. The van der Waals surface area contributed by atoms with Crippen LogP contribution in [0.25, 0.3) is 0 Å². The predicted molar refractivity (Wildman–Crippen MR) is 95.3 cm³/mol. The molecule has 0 atom stereocenters. The number of aromatic hydroxyl groups is 2. The zero-order chi connectivity index (χ0) is 17.9. The van der Waals surface area contributed by atoms with Gasteiger partial charge in [0, 0.05) is 17.7 Å². The van der Waals surface area contributed by atoms with E-state index in [1.54, 1.807) is 6.92 Å². The van der Waals surface area contributed by atoms with Crippen molar-refractivity contribution < 1.29 is 24.8 Å². The van der Waals surface area contributed by atoms with Gasteiger partial charge in [-0.1, -0.05) is 38.5 Å². The third-order valence-electron chi connectivity index (χ3n) is 4.47. The highest BCUT2D eigenvalue weighted by Gasteiger charge is 2.22. The van der Waals surface area contributed by atoms with E-state index in [1.807, 2.05) is 0 Å². The minimum atomic E-state index is 0.0334. The number of phenolic OH excluding ortho intramolecular Hbond substituents is 2. The zero-order valence-corrected chi connectivity index (χ0v) is 15.2. The van der Waals surface area contributed by atoms with E-state index in [9.17, 15) is 10.2 Å². The van der Waals surface area contributed by atoms with Gasteiger partial charge in [0.2, 0.25) is 11.5 Å². The molecule has 0 heterocycles. The fourth-order valence-corrected chi connectivity index (χ4v) is 3.00. The van der Waals surface area contributed by atoms with Gasteiger partial charge in [-0.15, -0.1) is 0 Å². The Morgan fingerprint density at radius 3 is 1.67 bits per heavy atom. The van der Waals surface area contributed by atoms with Gasteiger partial charge in [-0.05, 0) is 26.2 Å². The number of benzene rings is 1. The average Bonchev–Trinajstić information content (AvgIpc) is 2.58. The number of unbranched alkanes of at least 4 members (excludes halogenated alkanes) is 7. The number of phenols is 2. The van der Waals surface area contributed by atoms with Crippen molar-refractivity contribution in [3.05, 3.63) is 11.1 Å². The summed E-state index contributed by atoms with van der Waals surface area (Å²) < 4.78 is 10.3. The molecular formula is C19H32O5. The molecule has 0 spiro atoms. The second-order valence-corrected chi connectivity index (χ2v) is 6.17. The molecule has 0 amide bonds. The molecule has 24 heavy (non-hydrogen) atoms. The molecule has 0 unspecified atom stereocenters. The highest BCUT2D eigenvalue weighted by molar-refractivity contribution is 5.65. The molecule has 0 aliphatic carbocycles. The molecule has 3 N–H and O–H groups in total. The first-order valence-electron chi connectivity index (χ1n) is 8.84. The van der Waals surface area contributed by atoms with Crippen LogP contribution in [0, 0.1) is 6.92 Å². The van der Waals surface area contributed by atoms with Crippen molar-refractivity contribution in [2.45, 2.75) is 64.7 Å². The fourth-order valence-electron chi connectivity index (χ4n) is 3.00. The minimum Gasteiger partial charge on any atom is -0.504 e.